The van der Waals surface area contributed by atoms with Crippen molar-refractivity contribution >= 4 is 41.8 Å². The molecule has 8 nitrogen and oxygen atoms in total. The lowest BCUT2D eigenvalue weighted by Crippen LogP contribution is -2.42. The van der Waals surface area contributed by atoms with E-state index in [1.807, 2.05) is 33.0 Å². The smallest absolute Gasteiger partial charge is 0.407 e. The van der Waals surface area contributed by atoms with E-state index in [1.54, 1.807) is 7.05 Å². The topological polar surface area (TPSA) is 90.9 Å². The molecule has 1 aromatic heterocycles. The molecule has 3 N–H and O–H groups in total. The van der Waals surface area contributed by atoms with Crippen LogP contribution in [0, 0.1) is 0 Å². The maximum absolute atomic E-state index is 11.6. The number of aliphatic imine (C=N–C) groups is 1. The molecule has 0 aliphatic carbocycles. The number of hydrogen-bond acceptors (Lipinski definition) is 5. The third-order valence-corrected chi connectivity index (χ3v) is 4.01. The Morgan fingerprint density at radius 1 is 1.21 bits per heavy atom. The highest BCUT2D eigenvalue weighted by atomic mass is 127. The van der Waals surface area contributed by atoms with E-state index in [0.29, 0.717) is 25.6 Å². The minimum Gasteiger partial charge on any atom is -0.444 e. The summed E-state index contributed by atoms with van der Waals surface area (Å²) < 4.78 is 5.20. The highest BCUT2D eigenvalue weighted by Gasteiger charge is 2.15. The summed E-state index contributed by atoms with van der Waals surface area (Å²) in [5, 5.41) is 9.16. The van der Waals surface area contributed by atoms with Crippen molar-refractivity contribution in [3.8, 4) is 0 Å². The van der Waals surface area contributed by atoms with Crippen LogP contribution in [0.1, 0.15) is 39.2 Å². The van der Waals surface area contributed by atoms with Crippen molar-refractivity contribution in [2.45, 2.75) is 45.8 Å². The van der Waals surface area contributed by atoms with Crippen molar-refractivity contribution in [2.24, 2.45) is 4.99 Å². The van der Waals surface area contributed by atoms with Crippen molar-refractivity contribution in [2.75, 3.05) is 38.1 Å². The second kappa shape index (κ2) is 11.9. The zero-order valence-corrected chi connectivity index (χ0v) is 19.6. The average molecular weight is 504 g/mol. The van der Waals surface area contributed by atoms with Gasteiger partial charge in [0.25, 0.3) is 0 Å². The van der Waals surface area contributed by atoms with E-state index >= 15 is 0 Å². The number of carbonyl (C=O) groups is 1. The first-order chi connectivity index (χ1) is 12.9. The van der Waals surface area contributed by atoms with Crippen molar-refractivity contribution in [1.82, 2.24) is 20.9 Å². The number of rotatable bonds is 6. The van der Waals surface area contributed by atoms with Crippen LogP contribution in [0.3, 0.4) is 0 Å². The highest BCUT2D eigenvalue weighted by Crippen LogP contribution is 2.18. The number of amides is 1. The van der Waals surface area contributed by atoms with E-state index in [2.05, 4.69) is 36.9 Å². The Hall–Kier alpha value is -1.78. The zero-order chi connectivity index (χ0) is 19.7. The largest absolute Gasteiger partial charge is 0.444 e. The third-order valence-electron chi connectivity index (χ3n) is 4.01. The Labute approximate surface area is 184 Å². The van der Waals surface area contributed by atoms with Gasteiger partial charge in [0.15, 0.2) is 5.96 Å². The Morgan fingerprint density at radius 2 is 1.89 bits per heavy atom. The number of nitrogens with zero attached hydrogens (tertiary/aromatic N) is 3. The summed E-state index contributed by atoms with van der Waals surface area (Å²) in [6.07, 6.45) is 3.90. The van der Waals surface area contributed by atoms with E-state index < -0.39 is 11.7 Å². The fraction of sp³-hybridized carbons (Fsp3) is 0.632. The van der Waals surface area contributed by atoms with Crippen LogP contribution in [0.5, 0.6) is 0 Å². The summed E-state index contributed by atoms with van der Waals surface area (Å²) >= 11 is 0. The summed E-state index contributed by atoms with van der Waals surface area (Å²) in [4.78, 5) is 22.6. The molecule has 0 aromatic carbocycles. The second-order valence-electron chi connectivity index (χ2n) is 7.50. The molecule has 1 aliphatic heterocycles. The lowest BCUT2D eigenvalue weighted by molar-refractivity contribution is 0.0529. The van der Waals surface area contributed by atoms with Gasteiger partial charge in [-0.05, 0) is 51.3 Å². The normalized spacial score (nSPS) is 14.3. The molecule has 2 heterocycles. The third kappa shape index (κ3) is 8.94. The number of aromatic nitrogens is 1. The molecule has 0 unspecified atom stereocenters. The van der Waals surface area contributed by atoms with Gasteiger partial charge < -0.3 is 25.6 Å². The van der Waals surface area contributed by atoms with E-state index in [0.717, 1.165) is 24.5 Å². The summed E-state index contributed by atoms with van der Waals surface area (Å²) in [7, 11) is 1.72. The molecule has 1 aliphatic rings. The molecule has 2 rings (SSSR count). The molecule has 28 heavy (non-hydrogen) atoms. The van der Waals surface area contributed by atoms with Gasteiger partial charge in [-0.3, -0.25) is 4.99 Å². The van der Waals surface area contributed by atoms with Gasteiger partial charge in [-0.25, -0.2) is 9.78 Å². The molecule has 1 aromatic rings. The number of halogens is 1. The van der Waals surface area contributed by atoms with Crippen LogP contribution in [0.25, 0.3) is 0 Å². The summed E-state index contributed by atoms with van der Waals surface area (Å²) in [6, 6.07) is 4.12. The lowest BCUT2D eigenvalue weighted by Gasteiger charge is -2.20. The van der Waals surface area contributed by atoms with Crippen molar-refractivity contribution in [1.29, 1.82) is 0 Å². The quantitative estimate of drug-likeness (QED) is 0.239. The fourth-order valence-corrected chi connectivity index (χ4v) is 2.76. The van der Waals surface area contributed by atoms with Crippen LogP contribution in [0.4, 0.5) is 10.6 Å². The first-order valence-corrected chi connectivity index (χ1v) is 9.48. The maximum Gasteiger partial charge on any atom is 0.407 e. The first-order valence-electron chi connectivity index (χ1n) is 9.48. The molecular formula is C19H33IN6O2. The van der Waals surface area contributed by atoms with Crippen molar-refractivity contribution < 1.29 is 9.53 Å². The lowest BCUT2D eigenvalue weighted by atomic mass is 10.2. The molecule has 0 saturated carbocycles. The SMILES string of the molecule is CN=C(NCCNC(=O)OC(C)(C)C)NCc1ccnc(N2CCCC2)c1.I. The number of ether oxygens (including phenoxy) is 1. The van der Waals surface area contributed by atoms with Gasteiger partial charge in [0, 0.05) is 46.0 Å². The van der Waals surface area contributed by atoms with Crippen LogP contribution in [-0.2, 0) is 11.3 Å². The molecule has 0 bridgehead atoms. The van der Waals surface area contributed by atoms with Crippen LogP contribution in [0.2, 0.25) is 0 Å². The number of anilines is 1. The second-order valence-corrected chi connectivity index (χ2v) is 7.50. The Kier molecular flexibility index (Phi) is 10.3. The van der Waals surface area contributed by atoms with Crippen molar-refractivity contribution in [3.63, 3.8) is 0 Å². The average Bonchev–Trinajstić information content (AvgIpc) is 3.14. The van der Waals surface area contributed by atoms with E-state index in [1.165, 1.54) is 12.8 Å². The van der Waals surface area contributed by atoms with Gasteiger partial charge in [-0.1, -0.05) is 0 Å². The first kappa shape index (κ1) is 24.3. The monoisotopic (exact) mass is 504 g/mol. The molecule has 9 heteroatoms. The van der Waals surface area contributed by atoms with Gasteiger partial charge in [-0.2, -0.15) is 0 Å². The number of guanidine groups is 1. The van der Waals surface area contributed by atoms with Crippen LogP contribution in [0.15, 0.2) is 23.3 Å². The molecule has 0 spiro atoms. The maximum atomic E-state index is 11.6. The summed E-state index contributed by atoms with van der Waals surface area (Å²) in [6.45, 7) is 9.33. The molecular weight excluding hydrogens is 471 g/mol. The minimum absolute atomic E-state index is 0. The van der Waals surface area contributed by atoms with Crippen LogP contribution >= 0.6 is 24.0 Å². The number of nitrogens with one attached hydrogen (secondary N) is 3. The standard InChI is InChI=1S/C19H32N6O2.HI/c1-19(2,3)27-18(26)23-10-9-22-17(20-4)24-14-15-7-8-21-16(13-15)25-11-5-6-12-25;/h7-8,13H,5-6,9-12,14H2,1-4H3,(H,23,26)(H2,20,22,24);1H. The van der Waals surface area contributed by atoms with Gasteiger partial charge in [0.1, 0.15) is 11.4 Å². The molecule has 0 atom stereocenters. The summed E-state index contributed by atoms with van der Waals surface area (Å²) in [5.41, 5.74) is 0.662. The number of hydrogen-bond donors (Lipinski definition) is 3. The fourth-order valence-electron chi connectivity index (χ4n) is 2.76. The van der Waals surface area contributed by atoms with E-state index in [4.69, 9.17) is 4.74 Å². The summed E-state index contributed by atoms with van der Waals surface area (Å²) in [5.74, 6) is 1.72. The van der Waals surface area contributed by atoms with Gasteiger partial charge in [-0.15, -0.1) is 24.0 Å². The van der Waals surface area contributed by atoms with E-state index in [9.17, 15) is 4.79 Å². The van der Waals surface area contributed by atoms with Gasteiger partial charge in [0.2, 0.25) is 0 Å². The number of pyridine rings is 1. The molecule has 1 fully saturated rings. The predicted molar refractivity (Wildman–Crippen MR) is 124 cm³/mol. The molecule has 1 saturated heterocycles. The van der Waals surface area contributed by atoms with Crippen LogP contribution < -0.4 is 20.9 Å². The Bertz CT molecular complexity index is 642. The van der Waals surface area contributed by atoms with E-state index in [-0.39, 0.29) is 24.0 Å². The molecule has 158 valence electrons. The zero-order valence-electron chi connectivity index (χ0n) is 17.2. The van der Waals surface area contributed by atoms with Gasteiger partial charge in [0.05, 0.1) is 0 Å². The van der Waals surface area contributed by atoms with Crippen LogP contribution in [-0.4, -0.2) is 55.9 Å². The molecule has 1 amide bonds. The molecule has 0 radical (unpaired) electrons. The number of alkyl carbamates (subject to hydrolysis) is 1. The minimum atomic E-state index is -0.492. The number of carbonyl (C=O) groups excluding carboxylic acids is 1. The van der Waals surface area contributed by atoms with Gasteiger partial charge >= 0.3 is 6.09 Å². The predicted octanol–water partition coefficient (Wildman–Crippen LogP) is 2.49. The Morgan fingerprint density at radius 3 is 2.54 bits per heavy atom. The Balaban J connectivity index is 0.00000392. The highest BCUT2D eigenvalue weighted by molar-refractivity contribution is 14.0. The van der Waals surface area contributed by atoms with Crippen molar-refractivity contribution in [3.05, 3.63) is 23.9 Å².